The first-order valence-electron chi connectivity index (χ1n) is 9.04. The largest absolute Gasteiger partial charge is 0.459 e. The normalized spacial score (nSPS) is 25.8. The van der Waals surface area contributed by atoms with Crippen LogP contribution >= 0.6 is 0 Å². The van der Waals surface area contributed by atoms with E-state index < -0.39 is 0 Å². The first kappa shape index (κ1) is 16.2. The zero-order chi connectivity index (χ0) is 17.4. The summed E-state index contributed by atoms with van der Waals surface area (Å²) in [6, 6.07) is 7.67. The van der Waals surface area contributed by atoms with Crippen LogP contribution in [0, 0.1) is 24.7 Å². The zero-order valence-corrected chi connectivity index (χ0v) is 14.4. The molecule has 2 aliphatic rings. The summed E-state index contributed by atoms with van der Waals surface area (Å²) in [5.74, 6) is 0.145. The number of hydrogen-bond acceptors (Lipinski definition) is 5. The summed E-state index contributed by atoms with van der Waals surface area (Å²) in [5.41, 5.74) is 3.12. The molecule has 2 unspecified atom stereocenters. The van der Waals surface area contributed by atoms with E-state index in [9.17, 15) is 9.59 Å². The van der Waals surface area contributed by atoms with Gasteiger partial charge in [0.05, 0.1) is 28.3 Å². The molecule has 1 aromatic carbocycles. The van der Waals surface area contributed by atoms with E-state index in [4.69, 9.17) is 4.74 Å². The number of aryl methyl sites for hydroxylation is 1. The van der Waals surface area contributed by atoms with Gasteiger partial charge in [0.1, 0.15) is 12.4 Å². The van der Waals surface area contributed by atoms with Crippen LogP contribution in [-0.2, 0) is 20.9 Å². The minimum absolute atomic E-state index is 0.0623. The predicted octanol–water partition coefficient (Wildman–Crippen LogP) is 3.38. The maximum Gasteiger partial charge on any atom is 0.309 e. The van der Waals surface area contributed by atoms with E-state index in [2.05, 4.69) is 9.97 Å². The van der Waals surface area contributed by atoms with Crippen molar-refractivity contribution in [2.24, 2.45) is 17.8 Å². The molecule has 0 radical (unpaired) electrons. The Bertz CT molecular complexity index is 817. The Balaban J connectivity index is 1.44. The van der Waals surface area contributed by atoms with Gasteiger partial charge in [-0.2, -0.15) is 0 Å². The summed E-state index contributed by atoms with van der Waals surface area (Å²) in [6.45, 7) is 2.02. The molecule has 25 heavy (non-hydrogen) atoms. The predicted molar refractivity (Wildman–Crippen MR) is 92.6 cm³/mol. The van der Waals surface area contributed by atoms with Crippen molar-refractivity contribution < 1.29 is 14.3 Å². The van der Waals surface area contributed by atoms with Gasteiger partial charge in [-0.25, -0.2) is 9.97 Å². The maximum atomic E-state index is 12.5. The first-order valence-corrected chi connectivity index (χ1v) is 9.04. The van der Waals surface area contributed by atoms with Gasteiger partial charge < -0.3 is 4.74 Å². The molecular formula is C20H22N2O3. The summed E-state index contributed by atoms with van der Waals surface area (Å²) >= 11 is 0. The number of carbonyl (C=O) groups is 2. The minimum Gasteiger partial charge on any atom is -0.459 e. The molecule has 2 saturated carbocycles. The molecule has 1 aromatic heterocycles. The van der Waals surface area contributed by atoms with Crippen LogP contribution in [0.15, 0.2) is 24.3 Å². The molecule has 2 fully saturated rings. The Morgan fingerprint density at radius 3 is 2.44 bits per heavy atom. The van der Waals surface area contributed by atoms with Crippen LogP contribution in [0.25, 0.3) is 11.0 Å². The van der Waals surface area contributed by atoms with E-state index in [0.717, 1.165) is 36.0 Å². The quantitative estimate of drug-likeness (QED) is 0.803. The fourth-order valence-corrected chi connectivity index (χ4v) is 4.19. The van der Waals surface area contributed by atoms with E-state index in [1.807, 2.05) is 31.2 Å². The number of rotatable bonds is 3. The van der Waals surface area contributed by atoms with Gasteiger partial charge in [0.2, 0.25) is 0 Å². The molecule has 4 rings (SSSR count). The molecule has 2 bridgehead atoms. The van der Waals surface area contributed by atoms with Gasteiger partial charge in [0, 0.05) is 11.8 Å². The molecule has 0 saturated heterocycles. The smallest absolute Gasteiger partial charge is 0.309 e. The standard InChI is InChI=1S/C20H22N2O3/c1-12-18(22-17-8-3-2-7-16(17)21-12)11-25-20(24)15-9-13-5-4-6-14(10-15)19(13)23/h2-3,7-8,13-15H,4-6,9-11H2,1H3. The lowest BCUT2D eigenvalue weighted by molar-refractivity contribution is -0.154. The second kappa shape index (κ2) is 6.54. The lowest BCUT2D eigenvalue weighted by atomic mass is 9.67. The molecule has 2 aliphatic carbocycles. The Kier molecular flexibility index (Phi) is 4.24. The molecule has 0 N–H and O–H groups in total. The van der Waals surface area contributed by atoms with Crippen molar-refractivity contribution in [3.63, 3.8) is 0 Å². The molecule has 5 heteroatoms. The van der Waals surface area contributed by atoms with Crippen molar-refractivity contribution >= 4 is 22.8 Å². The van der Waals surface area contributed by atoms with Crippen molar-refractivity contribution in [1.29, 1.82) is 0 Å². The van der Waals surface area contributed by atoms with Crippen molar-refractivity contribution in [3.8, 4) is 0 Å². The SMILES string of the molecule is Cc1nc2ccccc2nc1COC(=O)C1CC2CCCC(C1)C2=O. The highest BCUT2D eigenvalue weighted by Gasteiger charge is 2.41. The molecule has 2 aromatic rings. The van der Waals surface area contributed by atoms with Gasteiger partial charge in [-0.3, -0.25) is 9.59 Å². The number of aromatic nitrogens is 2. The number of ether oxygens (including phenoxy) is 1. The van der Waals surface area contributed by atoms with Gasteiger partial charge >= 0.3 is 5.97 Å². The van der Waals surface area contributed by atoms with E-state index in [0.29, 0.717) is 24.3 Å². The number of Topliss-reactive ketones (excluding diaryl/α,β-unsaturated/α-hetero) is 1. The third kappa shape index (κ3) is 3.15. The fraction of sp³-hybridized carbons (Fsp3) is 0.500. The number of para-hydroxylation sites is 2. The van der Waals surface area contributed by atoms with E-state index in [-0.39, 0.29) is 30.3 Å². The summed E-state index contributed by atoms with van der Waals surface area (Å²) in [4.78, 5) is 33.7. The third-order valence-corrected chi connectivity index (χ3v) is 5.58. The summed E-state index contributed by atoms with van der Waals surface area (Å²) < 4.78 is 5.55. The van der Waals surface area contributed by atoms with Crippen LogP contribution in [0.1, 0.15) is 43.5 Å². The van der Waals surface area contributed by atoms with Crippen LogP contribution < -0.4 is 0 Å². The number of esters is 1. The van der Waals surface area contributed by atoms with Crippen LogP contribution in [0.4, 0.5) is 0 Å². The van der Waals surface area contributed by atoms with Crippen molar-refractivity contribution in [3.05, 3.63) is 35.7 Å². The summed E-state index contributed by atoms with van der Waals surface area (Å²) in [7, 11) is 0. The highest BCUT2D eigenvalue weighted by Crippen LogP contribution is 2.40. The lowest BCUT2D eigenvalue weighted by Crippen LogP contribution is -2.39. The summed E-state index contributed by atoms with van der Waals surface area (Å²) in [6.07, 6.45) is 4.25. The maximum absolute atomic E-state index is 12.5. The Morgan fingerprint density at radius 2 is 1.76 bits per heavy atom. The van der Waals surface area contributed by atoms with Gasteiger partial charge in [-0.1, -0.05) is 18.6 Å². The van der Waals surface area contributed by atoms with E-state index >= 15 is 0 Å². The van der Waals surface area contributed by atoms with Crippen molar-refractivity contribution in [1.82, 2.24) is 9.97 Å². The molecule has 0 amide bonds. The average Bonchev–Trinajstić information content (AvgIpc) is 2.59. The van der Waals surface area contributed by atoms with E-state index in [1.165, 1.54) is 0 Å². The van der Waals surface area contributed by atoms with Gasteiger partial charge in [-0.15, -0.1) is 0 Å². The highest BCUT2D eigenvalue weighted by atomic mass is 16.5. The topological polar surface area (TPSA) is 69.2 Å². The van der Waals surface area contributed by atoms with Crippen molar-refractivity contribution in [2.45, 2.75) is 45.6 Å². The second-order valence-corrected chi connectivity index (χ2v) is 7.25. The Labute approximate surface area is 146 Å². The van der Waals surface area contributed by atoms with Gasteiger partial charge in [-0.05, 0) is 44.7 Å². The highest BCUT2D eigenvalue weighted by molar-refractivity contribution is 5.87. The van der Waals surface area contributed by atoms with Crippen LogP contribution in [0.2, 0.25) is 0 Å². The molecule has 0 aliphatic heterocycles. The molecule has 0 spiro atoms. The first-order chi connectivity index (χ1) is 12.1. The lowest BCUT2D eigenvalue weighted by Gasteiger charge is -2.36. The van der Waals surface area contributed by atoms with Gasteiger partial charge in [0.15, 0.2) is 0 Å². The Hall–Kier alpha value is -2.30. The summed E-state index contributed by atoms with van der Waals surface area (Å²) in [5, 5.41) is 0. The Morgan fingerprint density at radius 1 is 1.12 bits per heavy atom. The number of fused-ring (bicyclic) bond motifs is 3. The van der Waals surface area contributed by atoms with E-state index in [1.54, 1.807) is 0 Å². The minimum atomic E-state index is -0.196. The van der Waals surface area contributed by atoms with Crippen LogP contribution in [0.5, 0.6) is 0 Å². The fourth-order valence-electron chi connectivity index (χ4n) is 4.19. The average molecular weight is 338 g/mol. The number of nitrogens with zero attached hydrogens (tertiary/aromatic N) is 2. The number of benzene rings is 1. The van der Waals surface area contributed by atoms with Crippen molar-refractivity contribution in [2.75, 3.05) is 0 Å². The number of hydrogen-bond donors (Lipinski definition) is 0. The van der Waals surface area contributed by atoms with Crippen LogP contribution in [-0.4, -0.2) is 21.7 Å². The van der Waals surface area contributed by atoms with Gasteiger partial charge in [0.25, 0.3) is 0 Å². The van der Waals surface area contributed by atoms with Crippen LogP contribution in [0.3, 0.4) is 0 Å². The second-order valence-electron chi connectivity index (χ2n) is 7.25. The number of carbonyl (C=O) groups excluding carboxylic acids is 2. The molecule has 5 nitrogen and oxygen atoms in total. The third-order valence-electron chi connectivity index (χ3n) is 5.58. The molecule has 130 valence electrons. The molecular weight excluding hydrogens is 316 g/mol. The molecule has 1 heterocycles. The zero-order valence-electron chi connectivity index (χ0n) is 14.4. The number of ketones is 1. The monoisotopic (exact) mass is 338 g/mol. The molecule has 2 atom stereocenters.